The average molecular weight is 279 g/mol. The van der Waals surface area contributed by atoms with Crippen molar-refractivity contribution >= 4 is 11.7 Å². The third-order valence-corrected chi connectivity index (χ3v) is 2.84. The first-order valence-electron chi connectivity index (χ1n) is 6.60. The van der Waals surface area contributed by atoms with Crippen LogP contribution in [0.4, 0.5) is 0 Å². The summed E-state index contributed by atoms with van der Waals surface area (Å²) in [4.78, 5) is 12.1. The molecule has 0 fully saturated rings. The van der Waals surface area contributed by atoms with Crippen LogP contribution in [0, 0.1) is 0 Å². The summed E-state index contributed by atoms with van der Waals surface area (Å²) in [6.07, 6.45) is 1.01. The number of nitrogens with two attached hydrogens (primary N) is 1. The molecule has 1 amide bonds. The van der Waals surface area contributed by atoms with Crippen LogP contribution in [0.2, 0.25) is 0 Å². The number of nitrogens with zero attached hydrogens (tertiary/aromatic N) is 1. The second-order valence-electron chi connectivity index (χ2n) is 4.33. The van der Waals surface area contributed by atoms with Gasteiger partial charge >= 0.3 is 0 Å². The van der Waals surface area contributed by atoms with Crippen LogP contribution < -0.4 is 15.8 Å². The summed E-state index contributed by atoms with van der Waals surface area (Å²) in [6.45, 7) is 4.41. The van der Waals surface area contributed by atoms with E-state index >= 15 is 0 Å². The third-order valence-electron chi connectivity index (χ3n) is 2.84. The van der Waals surface area contributed by atoms with E-state index in [2.05, 4.69) is 10.5 Å². The Morgan fingerprint density at radius 3 is 2.55 bits per heavy atom. The molecule has 0 aliphatic heterocycles. The molecule has 0 spiro atoms. The van der Waals surface area contributed by atoms with Crippen molar-refractivity contribution in [2.75, 3.05) is 6.61 Å². The lowest BCUT2D eigenvalue weighted by Crippen LogP contribution is -2.37. The highest BCUT2D eigenvalue weighted by atomic mass is 16.5. The summed E-state index contributed by atoms with van der Waals surface area (Å²) in [5.41, 5.74) is 6.00. The molecule has 20 heavy (non-hydrogen) atoms. The van der Waals surface area contributed by atoms with E-state index in [1.807, 2.05) is 13.8 Å². The first-order chi connectivity index (χ1) is 9.60. The van der Waals surface area contributed by atoms with E-state index in [4.69, 9.17) is 15.7 Å². The number of rotatable bonds is 7. The molecule has 6 heteroatoms. The zero-order valence-electron chi connectivity index (χ0n) is 11.8. The van der Waals surface area contributed by atoms with Crippen molar-refractivity contribution in [3.05, 3.63) is 29.8 Å². The molecule has 1 aromatic rings. The lowest BCUT2D eigenvalue weighted by Gasteiger charge is -2.16. The van der Waals surface area contributed by atoms with Crippen molar-refractivity contribution in [2.45, 2.75) is 32.7 Å². The van der Waals surface area contributed by atoms with Gasteiger partial charge in [-0.05, 0) is 37.6 Å². The Kier molecular flexibility index (Phi) is 6.36. The highest BCUT2D eigenvalue weighted by molar-refractivity contribution is 5.94. The van der Waals surface area contributed by atoms with Gasteiger partial charge in [-0.1, -0.05) is 12.1 Å². The molecule has 0 aliphatic carbocycles. The molecule has 0 radical (unpaired) electrons. The second-order valence-corrected chi connectivity index (χ2v) is 4.33. The van der Waals surface area contributed by atoms with E-state index in [0.29, 0.717) is 25.0 Å². The van der Waals surface area contributed by atoms with E-state index in [0.717, 1.165) is 5.75 Å². The van der Waals surface area contributed by atoms with Gasteiger partial charge in [-0.15, -0.1) is 0 Å². The molecule has 0 saturated carbocycles. The number of nitrogens with one attached hydrogen (secondary N) is 1. The first kappa shape index (κ1) is 15.8. The minimum absolute atomic E-state index is 0.101. The molecule has 1 unspecified atom stereocenters. The normalized spacial score (nSPS) is 12.8. The van der Waals surface area contributed by atoms with Gasteiger partial charge in [-0.3, -0.25) is 4.79 Å². The fourth-order valence-corrected chi connectivity index (χ4v) is 1.73. The van der Waals surface area contributed by atoms with Crippen LogP contribution in [0.25, 0.3) is 0 Å². The Morgan fingerprint density at radius 1 is 1.40 bits per heavy atom. The maximum atomic E-state index is 12.1. The summed E-state index contributed by atoms with van der Waals surface area (Å²) in [5, 5.41) is 14.3. The highest BCUT2D eigenvalue weighted by Crippen LogP contribution is 2.12. The van der Waals surface area contributed by atoms with Crippen molar-refractivity contribution in [3.8, 4) is 5.75 Å². The van der Waals surface area contributed by atoms with Gasteiger partial charge in [0.25, 0.3) is 5.91 Å². The zero-order valence-corrected chi connectivity index (χ0v) is 11.8. The number of hydrogen-bond donors (Lipinski definition) is 3. The predicted molar refractivity (Wildman–Crippen MR) is 77.2 cm³/mol. The number of benzene rings is 1. The fourth-order valence-electron chi connectivity index (χ4n) is 1.73. The van der Waals surface area contributed by atoms with E-state index < -0.39 is 0 Å². The minimum atomic E-state index is -0.189. The van der Waals surface area contributed by atoms with E-state index in [-0.39, 0.29) is 17.8 Å². The molecule has 0 bridgehead atoms. The number of carbonyl (C=O) groups excluding carboxylic acids is 1. The molecule has 6 nitrogen and oxygen atoms in total. The number of hydrogen-bond acceptors (Lipinski definition) is 4. The fraction of sp³-hybridized carbons (Fsp3) is 0.429. The Labute approximate surface area is 118 Å². The van der Waals surface area contributed by atoms with Crippen LogP contribution in [0.5, 0.6) is 5.75 Å². The number of carbonyl (C=O) groups is 1. The molecule has 1 rings (SSSR count). The molecular formula is C14H21N3O3. The first-order valence-corrected chi connectivity index (χ1v) is 6.60. The van der Waals surface area contributed by atoms with Crippen LogP contribution >= 0.6 is 0 Å². The molecule has 1 aromatic carbocycles. The molecule has 0 aromatic heterocycles. The predicted octanol–water partition coefficient (Wildman–Crippen LogP) is 1.73. The van der Waals surface area contributed by atoms with E-state index in [1.54, 1.807) is 24.3 Å². The van der Waals surface area contributed by atoms with Gasteiger partial charge in [0, 0.05) is 18.0 Å². The van der Waals surface area contributed by atoms with E-state index in [1.165, 1.54) is 0 Å². The van der Waals surface area contributed by atoms with Gasteiger partial charge in [-0.2, -0.15) is 0 Å². The zero-order chi connectivity index (χ0) is 15.0. The highest BCUT2D eigenvalue weighted by Gasteiger charge is 2.13. The van der Waals surface area contributed by atoms with Crippen LogP contribution in [0.1, 0.15) is 37.0 Å². The maximum Gasteiger partial charge on any atom is 0.251 e. The molecule has 110 valence electrons. The summed E-state index contributed by atoms with van der Waals surface area (Å²) in [7, 11) is 0. The van der Waals surface area contributed by atoms with Gasteiger partial charge in [0.2, 0.25) is 0 Å². The summed E-state index contributed by atoms with van der Waals surface area (Å²) >= 11 is 0. The SMILES string of the molecule is CCOc1ccc(C(=O)NC(CC)CC(N)=NO)cc1. The van der Waals surface area contributed by atoms with Crippen molar-refractivity contribution in [3.63, 3.8) is 0 Å². The Hall–Kier alpha value is -2.24. The molecule has 0 saturated heterocycles. The maximum absolute atomic E-state index is 12.1. The van der Waals surface area contributed by atoms with Gasteiger partial charge in [0.1, 0.15) is 11.6 Å². The lowest BCUT2D eigenvalue weighted by atomic mass is 10.1. The Morgan fingerprint density at radius 2 is 2.05 bits per heavy atom. The number of oxime groups is 1. The molecule has 0 heterocycles. The summed E-state index contributed by atoms with van der Waals surface area (Å²) in [6, 6.07) is 6.75. The average Bonchev–Trinajstić information content (AvgIpc) is 2.47. The molecule has 4 N–H and O–H groups in total. The molecule has 1 atom stereocenters. The Bertz CT molecular complexity index is 457. The largest absolute Gasteiger partial charge is 0.494 e. The van der Waals surface area contributed by atoms with Crippen molar-refractivity contribution in [1.82, 2.24) is 5.32 Å². The van der Waals surface area contributed by atoms with Gasteiger partial charge in [0.05, 0.1) is 6.61 Å². The monoisotopic (exact) mass is 279 g/mol. The Balaban J connectivity index is 2.64. The van der Waals surface area contributed by atoms with Crippen molar-refractivity contribution < 1.29 is 14.7 Å². The standard InChI is InChI=1S/C14H21N3O3/c1-3-11(9-13(15)17-19)16-14(18)10-5-7-12(8-6-10)20-4-2/h5-8,11,19H,3-4,9H2,1-2H3,(H2,15,17)(H,16,18). The molecule has 0 aliphatic rings. The van der Waals surface area contributed by atoms with Gasteiger partial charge in [0.15, 0.2) is 0 Å². The minimum Gasteiger partial charge on any atom is -0.494 e. The van der Waals surface area contributed by atoms with Crippen LogP contribution in [-0.4, -0.2) is 29.6 Å². The second kappa shape index (κ2) is 8.04. The number of ether oxygens (including phenoxy) is 1. The lowest BCUT2D eigenvalue weighted by molar-refractivity contribution is 0.0937. The summed E-state index contributed by atoms with van der Waals surface area (Å²) in [5.74, 6) is 0.641. The third kappa shape index (κ3) is 4.79. The van der Waals surface area contributed by atoms with Crippen LogP contribution in [0.15, 0.2) is 29.4 Å². The van der Waals surface area contributed by atoms with E-state index in [9.17, 15) is 4.79 Å². The summed E-state index contributed by atoms with van der Waals surface area (Å²) < 4.78 is 5.32. The molecular weight excluding hydrogens is 258 g/mol. The van der Waals surface area contributed by atoms with Crippen LogP contribution in [-0.2, 0) is 0 Å². The topological polar surface area (TPSA) is 96.9 Å². The quantitative estimate of drug-likeness (QED) is 0.306. The van der Waals surface area contributed by atoms with Gasteiger partial charge in [-0.25, -0.2) is 0 Å². The van der Waals surface area contributed by atoms with Crippen molar-refractivity contribution in [2.24, 2.45) is 10.9 Å². The van der Waals surface area contributed by atoms with Gasteiger partial charge < -0.3 is 21.0 Å². The number of amides is 1. The van der Waals surface area contributed by atoms with Crippen molar-refractivity contribution in [1.29, 1.82) is 0 Å². The van der Waals surface area contributed by atoms with Crippen LogP contribution in [0.3, 0.4) is 0 Å². The smallest absolute Gasteiger partial charge is 0.251 e. The number of amidine groups is 1.